The molecule has 0 fully saturated rings. The van der Waals surface area contributed by atoms with Crippen molar-refractivity contribution in [1.82, 2.24) is 14.1 Å². The van der Waals surface area contributed by atoms with E-state index in [0.29, 0.717) is 34.4 Å². The van der Waals surface area contributed by atoms with Gasteiger partial charge in [-0.3, -0.25) is 0 Å². The molecular weight excluding hydrogens is 989 g/mol. The van der Waals surface area contributed by atoms with Crippen LogP contribution in [0.1, 0.15) is 33.2 Å². The average Bonchev–Trinajstić information content (AvgIpc) is 3.89. The summed E-state index contributed by atoms with van der Waals surface area (Å²) in [6, 6.07) is 65.9. The van der Waals surface area contributed by atoms with Gasteiger partial charge in [0.1, 0.15) is 0 Å². The Bertz CT molecular complexity index is 3700. The van der Waals surface area contributed by atoms with E-state index in [-0.39, 0.29) is 30.0 Å². The molecule has 1 aliphatic heterocycles. The molecule has 0 spiro atoms. The first-order valence-electron chi connectivity index (χ1n) is 24.3. The van der Waals surface area contributed by atoms with Crippen LogP contribution >= 0.6 is 0 Å². The zero-order valence-corrected chi connectivity index (χ0v) is 38.6. The molecule has 3 heterocycles. The number of para-hydroxylation sites is 5. The number of nitrogens with zero attached hydrogens (tertiary/aromatic N) is 5. The normalized spacial score (nSPS) is 13.5. The van der Waals surface area contributed by atoms with Crippen LogP contribution in [0.4, 0.5) is 22.9 Å². The summed E-state index contributed by atoms with van der Waals surface area (Å²) in [6.07, 6.45) is 0. The molecule has 0 saturated carbocycles. The summed E-state index contributed by atoms with van der Waals surface area (Å²) in [5, 5.41) is 0. The van der Waals surface area contributed by atoms with Gasteiger partial charge < -0.3 is 0 Å². The Morgan fingerprint density at radius 2 is 1.29 bits per heavy atom. The molecular formula is C58H44BN5OPt-2. The van der Waals surface area contributed by atoms with Crippen LogP contribution in [0.3, 0.4) is 0 Å². The zero-order chi connectivity index (χ0) is 49.1. The molecule has 0 saturated heterocycles. The van der Waals surface area contributed by atoms with Crippen LogP contribution in [-0.4, -0.2) is 21.1 Å². The second-order valence-corrected chi connectivity index (χ2v) is 18.0. The summed E-state index contributed by atoms with van der Waals surface area (Å²) in [5.41, 5.74) is 10.5. The predicted octanol–water partition coefficient (Wildman–Crippen LogP) is 13.6. The maximum atomic E-state index is 9.14. The molecule has 2 aromatic heterocycles. The molecule has 0 amide bonds. The van der Waals surface area contributed by atoms with Crippen molar-refractivity contribution in [2.24, 2.45) is 0 Å². The molecule has 0 bridgehead atoms. The van der Waals surface area contributed by atoms with Gasteiger partial charge in [0.25, 0.3) is 0 Å². The van der Waals surface area contributed by atoms with Crippen LogP contribution in [0.15, 0.2) is 212 Å². The summed E-state index contributed by atoms with van der Waals surface area (Å²) < 4.78 is 55.7. The summed E-state index contributed by atoms with van der Waals surface area (Å²) >= 11 is 2.32. The predicted molar refractivity (Wildman–Crippen MR) is 266 cm³/mol. The third kappa shape index (κ3) is 7.49. The molecule has 0 radical (unpaired) electrons. The van der Waals surface area contributed by atoms with Gasteiger partial charge in [0.2, 0.25) is 0 Å². The van der Waals surface area contributed by atoms with Gasteiger partial charge in [0.15, 0.2) is 0 Å². The summed E-state index contributed by atoms with van der Waals surface area (Å²) in [7, 11) is 0. The molecule has 8 aromatic carbocycles. The topological polar surface area (TPSA) is 38.5 Å². The fraction of sp³-hybridized carbons (Fsp3) is 0.0690. The second-order valence-electron chi connectivity index (χ2n) is 17.0. The number of aromatic nitrogens is 3. The Balaban J connectivity index is 1.03. The first kappa shape index (κ1) is 35.8. The number of imidazole rings is 1. The number of rotatable bonds is 9. The van der Waals surface area contributed by atoms with Gasteiger partial charge in [-0.2, -0.15) is 12.1 Å². The fourth-order valence-electron chi connectivity index (χ4n) is 8.85. The average molecular weight is 1040 g/mol. The van der Waals surface area contributed by atoms with Gasteiger partial charge in [-0.25, -0.2) is 0 Å². The molecule has 10 aromatic rings. The fourth-order valence-corrected chi connectivity index (χ4v) is 9.92. The number of hydrogen-bond acceptors (Lipinski definition) is 4. The SMILES string of the molecule is [2H]c1c([2H])c([2H])c(-c2cccc(-c3ccc(C(C)(C)C)cc3)c2-n2[c](=[Pt])n(-c3[c-]c(Oc4cccc(N5B(c6ccccc6)N(c6ccccc6)c6ccc[c-]c65)n4)ccc3)c3ccccc32)c([2H])c1[2H]. The van der Waals surface area contributed by atoms with Crippen LogP contribution in [0.25, 0.3) is 44.7 Å². The first-order chi connectivity index (χ1) is 34.4. The van der Waals surface area contributed by atoms with Crippen LogP contribution < -0.4 is 19.8 Å². The van der Waals surface area contributed by atoms with Gasteiger partial charge in [0.05, 0.1) is 0 Å². The van der Waals surface area contributed by atoms with E-state index in [1.54, 1.807) is 0 Å². The van der Waals surface area contributed by atoms with Gasteiger partial charge in [-0.05, 0) is 12.1 Å². The van der Waals surface area contributed by atoms with Crippen molar-refractivity contribution < 1.29 is 30.9 Å². The number of anilines is 4. The summed E-state index contributed by atoms with van der Waals surface area (Å²) in [4.78, 5) is 9.67. The summed E-state index contributed by atoms with van der Waals surface area (Å²) in [5.74, 6) is 1.52. The van der Waals surface area contributed by atoms with Gasteiger partial charge in [-0.1, -0.05) is 48.5 Å². The van der Waals surface area contributed by atoms with Crippen molar-refractivity contribution in [3.8, 4) is 45.3 Å². The van der Waals surface area contributed by atoms with E-state index in [0.717, 1.165) is 48.5 Å². The number of fused-ring (bicyclic) bond motifs is 2. The standard InChI is InChI=1S/C58H44BN5O.Pt/c1-58(2,3)44-38-36-43(37-39-44)50-29-18-28-49(42-20-7-4-8-21-42)57(50)62-41-61(51-30-13-14-31-52(51)62)47-26-17-27-48(40-47)65-56-35-19-34-55(60-56)64-54-33-16-15-32-53(54)63(46-24-11-6-12-25-46)59(64)45-22-9-5-10-23-45;/h4-32,34-39H,1-3H3;/q-2;/i4D,7D,8D,20D,21D;. The zero-order valence-electron chi connectivity index (χ0n) is 41.4. The van der Waals surface area contributed by atoms with Crippen LogP contribution in [-0.2, 0) is 24.8 Å². The van der Waals surface area contributed by atoms with Gasteiger partial charge >= 0.3 is 322 Å². The minimum atomic E-state index is -0.441. The molecule has 6 nitrogen and oxygen atoms in total. The van der Waals surface area contributed by atoms with Crippen molar-refractivity contribution in [2.45, 2.75) is 26.2 Å². The molecule has 1 aliphatic rings. The van der Waals surface area contributed by atoms with E-state index in [9.17, 15) is 0 Å². The summed E-state index contributed by atoms with van der Waals surface area (Å²) in [6.45, 7) is 6.27. The molecule has 0 unspecified atom stereocenters. The first-order valence-corrected chi connectivity index (χ1v) is 22.9. The van der Waals surface area contributed by atoms with Crippen LogP contribution in [0, 0.1) is 15.9 Å². The Morgan fingerprint density at radius 3 is 2.03 bits per heavy atom. The number of benzene rings is 8. The van der Waals surface area contributed by atoms with Crippen molar-refractivity contribution in [3.63, 3.8) is 0 Å². The second kappa shape index (κ2) is 17.2. The molecule has 322 valence electrons. The third-order valence-corrected chi connectivity index (χ3v) is 12.9. The van der Waals surface area contributed by atoms with Crippen molar-refractivity contribution in [1.29, 1.82) is 0 Å². The molecule has 66 heavy (non-hydrogen) atoms. The van der Waals surface area contributed by atoms with E-state index in [1.165, 1.54) is 5.56 Å². The molecule has 0 aliphatic carbocycles. The third-order valence-electron chi connectivity index (χ3n) is 11.9. The Labute approximate surface area is 404 Å². The van der Waals surface area contributed by atoms with E-state index in [1.807, 2.05) is 103 Å². The molecule has 8 heteroatoms. The van der Waals surface area contributed by atoms with Crippen molar-refractivity contribution in [3.05, 3.63) is 234 Å². The van der Waals surface area contributed by atoms with E-state index in [2.05, 4.69) is 150 Å². The van der Waals surface area contributed by atoms with E-state index < -0.39 is 18.1 Å². The van der Waals surface area contributed by atoms with Crippen LogP contribution in [0.2, 0.25) is 0 Å². The monoisotopic (exact) mass is 1040 g/mol. The van der Waals surface area contributed by atoms with Crippen molar-refractivity contribution >= 4 is 46.4 Å². The molecule has 0 atom stereocenters. The number of hydrogen-bond donors (Lipinski definition) is 0. The van der Waals surface area contributed by atoms with Crippen molar-refractivity contribution in [2.75, 3.05) is 9.62 Å². The Morgan fingerprint density at radius 1 is 0.621 bits per heavy atom. The van der Waals surface area contributed by atoms with Crippen LogP contribution in [0.5, 0.6) is 11.6 Å². The maximum absolute atomic E-state index is 9.14. The van der Waals surface area contributed by atoms with E-state index in [4.69, 9.17) is 16.6 Å². The Kier molecular flexibility index (Phi) is 9.31. The number of pyridine rings is 1. The minimum absolute atomic E-state index is 0.0729. The quantitative estimate of drug-likeness (QED) is 0.107. The van der Waals surface area contributed by atoms with Gasteiger partial charge in [-0.15, -0.1) is 6.07 Å². The van der Waals surface area contributed by atoms with E-state index >= 15 is 0 Å². The van der Waals surface area contributed by atoms with Gasteiger partial charge in [0, 0.05) is 5.69 Å². The Hall–Kier alpha value is -7.47. The number of ether oxygens (including phenoxy) is 1. The molecule has 0 N–H and O–H groups in total. The molecule has 11 rings (SSSR count).